The molecule has 2 N–H and O–H groups in total. The number of thiophene rings is 1. The maximum absolute atomic E-state index is 12.1. The highest BCUT2D eigenvalue weighted by molar-refractivity contribution is 7.14. The van der Waals surface area contributed by atoms with E-state index in [1.54, 1.807) is 12.1 Å². The summed E-state index contributed by atoms with van der Waals surface area (Å²) in [6, 6.07) is 9.12. The van der Waals surface area contributed by atoms with Crippen LogP contribution >= 0.6 is 11.3 Å². The molecular weight excluding hydrogens is 286 g/mol. The van der Waals surface area contributed by atoms with Gasteiger partial charge in [0.25, 0.3) is 5.91 Å². The summed E-state index contributed by atoms with van der Waals surface area (Å²) >= 11 is 1.43. The zero-order chi connectivity index (χ0) is 15.4. The quantitative estimate of drug-likeness (QED) is 0.846. The number of carbonyl (C=O) groups is 2. The molecule has 0 fully saturated rings. The third kappa shape index (κ3) is 4.29. The summed E-state index contributed by atoms with van der Waals surface area (Å²) in [5.74, 6) is -1.16. The van der Waals surface area contributed by atoms with Crippen LogP contribution in [0.3, 0.4) is 0 Å². The number of hydrogen-bond donors (Lipinski definition) is 2. The number of hydrogen-bond acceptors (Lipinski definition) is 3. The van der Waals surface area contributed by atoms with Crippen LogP contribution in [-0.2, 0) is 4.79 Å². The summed E-state index contributed by atoms with van der Waals surface area (Å²) < 4.78 is 0. The van der Waals surface area contributed by atoms with Gasteiger partial charge in [0.2, 0.25) is 0 Å². The first-order chi connectivity index (χ1) is 9.94. The second-order valence-electron chi connectivity index (χ2n) is 4.67. The minimum atomic E-state index is -1.00. The van der Waals surface area contributed by atoms with E-state index in [1.807, 2.05) is 32.0 Å². The molecule has 0 unspecified atom stereocenters. The van der Waals surface area contributed by atoms with E-state index in [9.17, 15) is 9.59 Å². The number of anilines is 1. The lowest BCUT2D eigenvalue weighted by Crippen LogP contribution is -2.10. The highest BCUT2D eigenvalue weighted by atomic mass is 32.1. The van der Waals surface area contributed by atoms with E-state index in [0.717, 1.165) is 22.1 Å². The number of carboxylic acids is 1. The molecule has 0 aliphatic carbocycles. The van der Waals surface area contributed by atoms with Crippen molar-refractivity contribution in [1.82, 2.24) is 0 Å². The standard InChI is InChI=1S/C16H15NO3S/c1-10-7-12(4-6-15(18)19)9-13(8-10)17-16(20)14-5-3-11(2)21-14/h3-9H,1-2H3,(H,17,20)(H,18,19)/b6-4+. The monoisotopic (exact) mass is 301 g/mol. The largest absolute Gasteiger partial charge is 0.478 e. The van der Waals surface area contributed by atoms with Gasteiger partial charge in [-0.1, -0.05) is 6.07 Å². The van der Waals surface area contributed by atoms with Gasteiger partial charge in [-0.15, -0.1) is 11.3 Å². The smallest absolute Gasteiger partial charge is 0.328 e. The van der Waals surface area contributed by atoms with E-state index in [2.05, 4.69) is 5.32 Å². The molecule has 0 aliphatic heterocycles. The highest BCUT2D eigenvalue weighted by Crippen LogP contribution is 2.19. The van der Waals surface area contributed by atoms with Crippen LogP contribution in [0.2, 0.25) is 0 Å². The van der Waals surface area contributed by atoms with Crippen molar-refractivity contribution in [3.63, 3.8) is 0 Å². The first kappa shape index (κ1) is 15.0. The molecule has 1 heterocycles. The number of rotatable bonds is 4. The average molecular weight is 301 g/mol. The minimum absolute atomic E-state index is 0.160. The summed E-state index contributed by atoms with van der Waals surface area (Å²) in [5.41, 5.74) is 2.33. The summed E-state index contributed by atoms with van der Waals surface area (Å²) in [6.45, 7) is 3.84. The molecule has 1 amide bonds. The Morgan fingerprint density at radius 3 is 2.57 bits per heavy atom. The van der Waals surface area contributed by atoms with Gasteiger partial charge in [0, 0.05) is 16.6 Å². The molecule has 0 aliphatic rings. The van der Waals surface area contributed by atoms with Crippen molar-refractivity contribution in [2.75, 3.05) is 5.32 Å². The second-order valence-corrected chi connectivity index (χ2v) is 5.96. The van der Waals surface area contributed by atoms with Gasteiger partial charge < -0.3 is 10.4 Å². The van der Waals surface area contributed by atoms with Gasteiger partial charge in [-0.2, -0.15) is 0 Å². The number of benzene rings is 1. The van der Waals surface area contributed by atoms with E-state index in [4.69, 9.17) is 5.11 Å². The first-order valence-electron chi connectivity index (χ1n) is 6.34. The number of nitrogens with one attached hydrogen (secondary N) is 1. The highest BCUT2D eigenvalue weighted by Gasteiger charge is 2.08. The molecule has 108 valence electrons. The van der Waals surface area contributed by atoms with Crippen LogP contribution in [-0.4, -0.2) is 17.0 Å². The van der Waals surface area contributed by atoms with Gasteiger partial charge in [0.05, 0.1) is 4.88 Å². The molecular formula is C16H15NO3S. The lowest BCUT2D eigenvalue weighted by atomic mass is 10.1. The maximum atomic E-state index is 12.1. The molecule has 4 nitrogen and oxygen atoms in total. The zero-order valence-electron chi connectivity index (χ0n) is 11.7. The van der Waals surface area contributed by atoms with Crippen molar-refractivity contribution >= 4 is 35.0 Å². The molecule has 0 radical (unpaired) electrons. The normalized spacial score (nSPS) is 10.8. The van der Waals surface area contributed by atoms with Crippen LogP contribution in [0.4, 0.5) is 5.69 Å². The molecule has 2 rings (SSSR count). The Balaban J connectivity index is 2.20. The van der Waals surface area contributed by atoms with E-state index >= 15 is 0 Å². The Morgan fingerprint density at radius 1 is 1.19 bits per heavy atom. The van der Waals surface area contributed by atoms with Crippen molar-refractivity contribution in [2.45, 2.75) is 13.8 Å². The number of amides is 1. The lowest BCUT2D eigenvalue weighted by molar-refractivity contribution is -0.131. The van der Waals surface area contributed by atoms with Crippen LogP contribution in [0, 0.1) is 13.8 Å². The van der Waals surface area contributed by atoms with E-state index in [-0.39, 0.29) is 5.91 Å². The molecule has 2 aromatic rings. The molecule has 21 heavy (non-hydrogen) atoms. The van der Waals surface area contributed by atoms with Crippen LogP contribution in [0.25, 0.3) is 6.08 Å². The third-order valence-corrected chi connectivity index (χ3v) is 3.74. The molecule has 0 bridgehead atoms. The Kier molecular flexibility index (Phi) is 4.55. The molecule has 0 spiro atoms. The fraction of sp³-hybridized carbons (Fsp3) is 0.125. The topological polar surface area (TPSA) is 66.4 Å². The van der Waals surface area contributed by atoms with Crippen LogP contribution in [0.15, 0.2) is 36.4 Å². The fourth-order valence-corrected chi connectivity index (χ4v) is 2.66. The van der Waals surface area contributed by atoms with E-state index in [0.29, 0.717) is 10.6 Å². The van der Waals surface area contributed by atoms with Crippen molar-refractivity contribution in [2.24, 2.45) is 0 Å². The number of aryl methyl sites for hydroxylation is 2. The average Bonchev–Trinajstić information content (AvgIpc) is 2.82. The third-order valence-electron chi connectivity index (χ3n) is 2.74. The zero-order valence-corrected chi connectivity index (χ0v) is 12.5. The Morgan fingerprint density at radius 2 is 1.95 bits per heavy atom. The second kappa shape index (κ2) is 6.37. The Hall–Kier alpha value is -2.40. The molecule has 1 aromatic heterocycles. The number of aliphatic carboxylic acids is 1. The predicted octanol–water partition coefficient (Wildman–Crippen LogP) is 3.72. The van der Waals surface area contributed by atoms with Crippen LogP contribution < -0.4 is 5.32 Å². The van der Waals surface area contributed by atoms with Crippen LogP contribution in [0.5, 0.6) is 0 Å². The lowest BCUT2D eigenvalue weighted by Gasteiger charge is -2.06. The van der Waals surface area contributed by atoms with Crippen molar-refractivity contribution < 1.29 is 14.7 Å². The predicted molar refractivity (Wildman–Crippen MR) is 84.9 cm³/mol. The molecule has 5 heteroatoms. The van der Waals surface area contributed by atoms with Gasteiger partial charge in [-0.3, -0.25) is 4.79 Å². The maximum Gasteiger partial charge on any atom is 0.328 e. The van der Waals surface area contributed by atoms with Gasteiger partial charge >= 0.3 is 5.97 Å². The van der Waals surface area contributed by atoms with Gasteiger partial charge in [-0.25, -0.2) is 4.79 Å². The summed E-state index contributed by atoms with van der Waals surface area (Å²) in [7, 11) is 0. The van der Waals surface area contributed by atoms with Crippen molar-refractivity contribution in [3.8, 4) is 0 Å². The summed E-state index contributed by atoms with van der Waals surface area (Å²) in [4.78, 5) is 24.4. The van der Waals surface area contributed by atoms with Crippen molar-refractivity contribution in [3.05, 3.63) is 57.3 Å². The minimum Gasteiger partial charge on any atom is -0.478 e. The van der Waals surface area contributed by atoms with Gasteiger partial charge in [0.1, 0.15) is 0 Å². The van der Waals surface area contributed by atoms with E-state index < -0.39 is 5.97 Å². The molecule has 0 atom stereocenters. The SMILES string of the molecule is Cc1cc(/C=C/C(=O)O)cc(NC(=O)c2ccc(C)s2)c1. The fourth-order valence-electron chi connectivity index (χ4n) is 1.90. The summed E-state index contributed by atoms with van der Waals surface area (Å²) in [6.07, 6.45) is 2.57. The first-order valence-corrected chi connectivity index (χ1v) is 7.16. The number of carbonyl (C=O) groups excluding carboxylic acids is 1. The molecule has 1 aromatic carbocycles. The van der Waals surface area contributed by atoms with Crippen molar-refractivity contribution in [1.29, 1.82) is 0 Å². The number of carboxylic acid groups (broad SMARTS) is 1. The summed E-state index contributed by atoms with van der Waals surface area (Å²) in [5, 5.41) is 11.5. The van der Waals surface area contributed by atoms with Gasteiger partial charge in [-0.05, 0) is 55.3 Å². The molecule has 0 saturated carbocycles. The van der Waals surface area contributed by atoms with E-state index in [1.165, 1.54) is 17.4 Å². The van der Waals surface area contributed by atoms with Crippen LogP contribution in [0.1, 0.15) is 25.7 Å². The van der Waals surface area contributed by atoms with Gasteiger partial charge in [0.15, 0.2) is 0 Å². The molecule has 0 saturated heterocycles. The Labute approximate surface area is 126 Å². The Bertz CT molecular complexity index is 716.